The van der Waals surface area contributed by atoms with E-state index in [1.54, 1.807) is 16.7 Å². The van der Waals surface area contributed by atoms with Crippen LogP contribution in [0.15, 0.2) is 48.6 Å². The Morgan fingerprint density at radius 1 is 0.643 bits per heavy atom. The van der Waals surface area contributed by atoms with Gasteiger partial charge in [-0.25, -0.2) is 0 Å². The van der Waals surface area contributed by atoms with Gasteiger partial charge in [0.05, 0.1) is 0 Å². The van der Waals surface area contributed by atoms with Crippen LogP contribution in [0.1, 0.15) is 96.6 Å². The van der Waals surface area contributed by atoms with Crippen molar-refractivity contribution in [1.29, 1.82) is 0 Å². The average molecular weight is 365 g/mol. The highest BCUT2D eigenvalue weighted by atomic mass is 14.6. The van der Waals surface area contributed by atoms with Crippen molar-refractivity contribution in [1.82, 2.24) is 0 Å². The molecule has 0 radical (unpaired) electrons. The molecule has 2 atom stereocenters. The van der Waals surface area contributed by atoms with E-state index in [1.807, 2.05) is 0 Å². The van der Waals surface area contributed by atoms with Gasteiger partial charge in [-0.15, -0.1) is 0 Å². The standard InChI is InChI=1S/C28H28/c1-2-4-23-19(3-1)5-6-20(23)7-8-21-9-10-22-17-25-26(18-24(21)22)28(15-16-28)14-13-27(25)11-12-27/h1-6,9-10,17-18,20-21H,7-8,11-16H2. The zero-order chi connectivity index (χ0) is 18.3. The number of rotatable bonds is 3. The summed E-state index contributed by atoms with van der Waals surface area (Å²) >= 11 is 0. The fourth-order valence-electron chi connectivity index (χ4n) is 6.57. The first kappa shape index (κ1) is 15.8. The molecule has 2 fully saturated rings. The Hall–Kier alpha value is -2.08. The quantitative estimate of drug-likeness (QED) is 0.538. The van der Waals surface area contributed by atoms with Gasteiger partial charge in [0.1, 0.15) is 0 Å². The second-order valence-electron chi connectivity index (χ2n) is 10.2. The maximum absolute atomic E-state index is 2.68. The van der Waals surface area contributed by atoms with Crippen LogP contribution in [-0.4, -0.2) is 0 Å². The van der Waals surface area contributed by atoms with Crippen LogP contribution in [0.3, 0.4) is 0 Å². The third kappa shape index (κ3) is 2.12. The van der Waals surface area contributed by atoms with Crippen LogP contribution in [0.4, 0.5) is 0 Å². The lowest BCUT2D eigenvalue weighted by Crippen LogP contribution is -2.24. The van der Waals surface area contributed by atoms with Crippen LogP contribution in [0.2, 0.25) is 0 Å². The minimum atomic E-state index is 0.582. The molecule has 2 aromatic carbocycles. The molecule has 28 heavy (non-hydrogen) atoms. The van der Waals surface area contributed by atoms with Gasteiger partial charge in [-0.2, -0.15) is 0 Å². The predicted octanol–water partition coefficient (Wildman–Crippen LogP) is 7.24. The maximum atomic E-state index is 2.68. The van der Waals surface area contributed by atoms with E-state index in [1.165, 1.54) is 68.1 Å². The van der Waals surface area contributed by atoms with Crippen molar-refractivity contribution in [2.75, 3.05) is 0 Å². The first-order chi connectivity index (χ1) is 13.8. The van der Waals surface area contributed by atoms with Gasteiger partial charge in [-0.3, -0.25) is 0 Å². The first-order valence-corrected chi connectivity index (χ1v) is 11.4. The monoisotopic (exact) mass is 364 g/mol. The molecule has 2 saturated carbocycles. The molecule has 0 heteroatoms. The zero-order valence-corrected chi connectivity index (χ0v) is 16.6. The van der Waals surface area contributed by atoms with Crippen LogP contribution in [0.25, 0.3) is 12.2 Å². The summed E-state index contributed by atoms with van der Waals surface area (Å²) in [6.45, 7) is 0. The number of allylic oxidation sites excluding steroid dienone is 2. The Bertz CT molecular complexity index is 1040. The summed E-state index contributed by atoms with van der Waals surface area (Å²) in [5.41, 5.74) is 10.8. The van der Waals surface area contributed by atoms with Gasteiger partial charge in [0.25, 0.3) is 0 Å². The molecule has 140 valence electrons. The van der Waals surface area contributed by atoms with E-state index in [0.29, 0.717) is 22.7 Å². The van der Waals surface area contributed by atoms with Crippen molar-refractivity contribution in [3.05, 3.63) is 81.9 Å². The summed E-state index contributed by atoms with van der Waals surface area (Å²) in [5, 5.41) is 0. The first-order valence-electron chi connectivity index (χ1n) is 11.4. The smallest absolute Gasteiger partial charge is 0.00276 e. The van der Waals surface area contributed by atoms with Crippen LogP contribution in [0.5, 0.6) is 0 Å². The van der Waals surface area contributed by atoms with E-state index >= 15 is 0 Å². The van der Waals surface area contributed by atoms with E-state index < -0.39 is 0 Å². The number of fused-ring (bicyclic) bond motifs is 5. The third-order valence-electron chi connectivity index (χ3n) is 8.75. The molecule has 0 bridgehead atoms. The van der Waals surface area contributed by atoms with Crippen molar-refractivity contribution in [3.8, 4) is 0 Å². The summed E-state index contributed by atoms with van der Waals surface area (Å²) in [6.07, 6.45) is 20.9. The maximum Gasteiger partial charge on any atom is 0.00276 e. The lowest BCUT2D eigenvalue weighted by Gasteiger charge is -2.33. The number of hydrogen-bond acceptors (Lipinski definition) is 0. The van der Waals surface area contributed by atoms with E-state index in [2.05, 4.69) is 60.7 Å². The molecule has 5 aliphatic rings. The van der Waals surface area contributed by atoms with Crippen LogP contribution in [-0.2, 0) is 10.8 Å². The molecular formula is C28H28. The lowest BCUT2D eigenvalue weighted by atomic mass is 9.71. The zero-order valence-electron chi connectivity index (χ0n) is 16.6. The molecule has 0 N–H and O–H groups in total. The Kier molecular flexibility index (Phi) is 2.98. The van der Waals surface area contributed by atoms with Crippen molar-refractivity contribution >= 4 is 12.2 Å². The highest BCUT2D eigenvalue weighted by Gasteiger charge is 2.57. The summed E-state index contributed by atoms with van der Waals surface area (Å²) in [5.74, 6) is 1.23. The van der Waals surface area contributed by atoms with Gasteiger partial charge in [0.15, 0.2) is 0 Å². The van der Waals surface area contributed by atoms with Crippen molar-refractivity contribution in [3.63, 3.8) is 0 Å². The molecule has 2 unspecified atom stereocenters. The van der Waals surface area contributed by atoms with Gasteiger partial charge in [-0.05, 0) is 95.6 Å². The van der Waals surface area contributed by atoms with Gasteiger partial charge >= 0.3 is 0 Å². The van der Waals surface area contributed by atoms with Crippen molar-refractivity contribution in [2.24, 2.45) is 0 Å². The Labute approximate surface area is 168 Å². The Morgan fingerprint density at radius 3 is 1.93 bits per heavy atom. The molecule has 0 aliphatic heterocycles. The molecule has 0 saturated heterocycles. The average Bonchev–Trinajstić information content (AvgIpc) is 3.61. The van der Waals surface area contributed by atoms with Crippen molar-refractivity contribution in [2.45, 2.75) is 74.0 Å². The normalized spacial score (nSPS) is 28.4. The van der Waals surface area contributed by atoms with E-state index in [-0.39, 0.29) is 0 Å². The van der Waals surface area contributed by atoms with Gasteiger partial charge in [0, 0.05) is 11.8 Å². The van der Waals surface area contributed by atoms with Crippen LogP contribution >= 0.6 is 0 Å². The Morgan fingerprint density at radius 2 is 1.21 bits per heavy atom. The highest BCUT2D eigenvalue weighted by molar-refractivity contribution is 5.67. The topological polar surface area (TPSA) is 0 Å². The lowest BCUT2D eigenvalue weighted by molar-refractivity contribution is 0.457. The fourth-order valence-corrected chi connectivity index (χ4v) is 6.57. The van der Waals surface area contributed by atoms with Gasteiger partial charge in [0.2, 0.25) is 0 Å². The van der Waals surface area contributed by atoms with E-state index in [9.17, 15) is 0 Å². The second kappa shape index (κ2) is 5.29. The molecule has 2 spiro atoms. The highest BCUT2D eigenvalue weighted by Crippen LogP contribution is 2.66. The summed E-state index contributed by atoms with van der Waals surface area (Å²) in [6, 6.07) is 14.2. The number of hydrogen-bond donors (Lipinski definition) is 0. The molecule has 0 nitrogen and oxygen atoms in total. The second-order valence-corrected chi connectivity index (χ2v) is 10.2. The minimum Gasteiger partial charge on any atom is -0.0764 e. The summed E-state index contributed by atoms with van der Waals surface area (Å²) in [7, 11) is 0. The van der Waals surface area contributed by atoms with Crippen LogP contribution < -0.4 is 0 Å². The van der Waals surface area contributed by atoms with E-state index in [4.69, 9.17) is 0 Å². The molecule has 0 aromatic heterocycles. The minimum absolute atomic E-state index is 0.582. The summed E-state index contributed by atoms with van der Waals surface area (Å²) < 4.78 is 0. The van der Waals surface area contributed by atoms with Crippen molar-refractivity contribution < 1.29 is 0 Å². The Balaban J connectivity index is 1.19. The molecule has 5 aliphatic carbocycles. The SMILES string of the molecule is C1=CC(CCC2C=Cc3cc4c(cc32)C2(CCC43CC3)CC2)c2ccccc21. The largest absolute Gasteiger partial charge is 0.0764 e. The van der Waals surface area contributed by atoms with Gasteiger partial charge in [-0.1, -0.05) is 60.7 Å². The number of benzene rings is 2. The molecule has 7 rings (SSSR count). The van der Waals surface area contributed by atoms with E-state index in [0.717, 1.165) is 0 Å². The molecule has 0 amide bonds. The predicted molar refractivity (Wildman–Crippen MR) is 117 cm³/mol. The van der Waals surface area contributed by atoms with Gasteiger partial charge < -0.3 is 0 Å². The molecular weight excluding hydrogens is 336 g/mol. The molecule has 0 heterocycles. The molecule has 2 aromatic rings. The third-order valence-corrected chi connectivity index (χ3v) is 8.75. The summed E-state index contributed by atoms with van der Waals surface area (Å²) in [4.78, 5) is 0. The van der Waals surface area contributed by atoms with Crippen LogP contribution in [0, 0.1) is 0 Å². The fraction of sp³-hybridized carbons (Fsp3) is 0.429.